The second kappa shape index (κ2) is 42.5. The van der Waals surface area contributed by atoms with Crippen LogP contribution in [0, 0.1) is 35.5 Å². The summed E-state index contributed by atoms with van der Waals surface area (Å²) in [5.74, 6) is -13.9. The molecule has 94 heavy (non-hydrogen) atoms. The molecule has 28 nitrogen and oxygen atoms in total. The van der Waals surface area contributed by atoms with E-state index in [1.54, 1.807) is 32.2 Å². The Bertz CT molecular complexity index is 2990. The molecular formula is C64H94N10O18S2. The molecule has 0 unspecified atom stereocenters. The van der Waals surface area contributed by atoms with Crippen molar-refractivity contribution in [1.82, 2.24) is 46.9 Å². The molecule has 520 valence electrons. The largest absolute Gasteiger partial charge is 0.508 e. The summed E-state index contributed by atoms with van der Waals surface area (Å²) in [5, 5.41) is 72.6. The zero-order valence-electron chi connectivity index (χ0n) is 54.0. The number of aromatic hydroxyl groups is 2. The molecule has 0 saturated heterocycles. The van der Waals surface area contributed by atoms with Gasteiger partial charge in [-0.2, -0.15) is 25.3 Å². The molecule has 0 spiro atoms. The quantitative estimate of drug-likeness (QED) is 0.0282. The summed E-state index contributed by atoms with van der Waals surface area (Å²) in [4.78, 5) is 158. The van der Waals surface area contributed by atoms with Gasteiger partial charge in [-0.15, -0.1) is 5.10 Å². The molecule has 9 atom stereocenters. The number of amides is 6. The summed E-state index contributed by atoms with van der Waals surface area (Å²) in [5.41, 5.74) is 7.36. The Balaban J connectivity index is 1.56. The number of Topliss-reactive ketones (excluding diaryl/α,β-unsaturated/α-hetero) is 4. The van der Waals surface area contributed by atoms with Crippen molar-refractivity contribution >= 4 is 95.8 Å². The number of ketones is 4. The topological polar surface area (TPSA) is 444 Å². The van der Waals surface area contributed by atoms with Crippen LogP contribution in [0.5, 0.6) is 11.5 Å². The lowest BCUT2D eigenvalue weighted by molar-refractivity contribution is -0.143. The number of nitrogens with zero attached hydrogens (tertiary/aromatic N) is 3. The van der Waals surface area contributed by atoms with Crippen molar-refractivity contribution in [2.75, 3.05) is 44.4 Å². The Morgan fingerprint density at radius 2 is 1.12 bits per heavy atom. The van der Waals surface area contributed by atoms with Gasteiger partial charge in [-0.1, -0.05) is 63.6 Å². The number of phenols is 2. The number of nitrogens with two attached hydrogens (primary N) is 1. The summed E-state index contributed by atoms with van der Waals surface area (Å²) >= 11 is 8.64. The van der Waals surface area contributed by atoms with Gasteiger partial charge in [0.15, 0.2) is 11.6 Å². The van der Waals surface area contributed by atoms with Crippen LogP contribution in [0.25, 0.3) is 0 Å². The van der Waals surface area contributed by atoms with E-state index in [-0.39, 0.29) is 130 Å². The minimum Gasteiger partial charge on any atom is -0.508 e. The second-order valence-electron chi connectivity index (χ2n) is 24.2. The Morgan fingerprint density at radius 3 is 1.68 bits per heavy atom. The normalized spacial score (nSPS) is 14.2. The van der Waals surface area contributed by atoms with Crippen LogP contribution in [0.4, 0.5) is 0 Å². The van der Waals surface area contributed by atoms with Gasteiger partial charge in [0.25, 0.3) is 0 Å². The third-order valence-electron chi connectivity index (χ3n) is 15.2. The van der Waals surface area contributed by atoms with Gasteiger partial charge in [0, 0.05) is 68.2 Å². The van der Waals surface area contributed by atoms with Crippen molar-refractivity contribution < 1.29 is 87.8 Å². The van der Waals surface area contributed by atoms with Gasteiger partial charge >= 0.3 is 11.9 Å². The number of hydrogen-bond donors (Lipinski definition) is 14. The van der Waals surface area contributed by atoms with Crippen molar-refractivity contribution in [2.45, 2.75) is 161 Å². The number of phenolic OH excluding ortho intramolecular Hbond substituents is 2. The van der Waals surface area contributed by atoms with Gasteiger partial charge < -0.3 is 72.7 Å². The van der Waals surface area contributed by atoms with E-state index in [4.69, 9.17) is 10.5 Å². The van der Waals surface area contributed by atoms with Gasteiger partial charge in [-0.05, 0) is 106 Å². The van der Waals surface area contributed by atoms with Crippen LogP contribution in [0.2, 0.25) is 0 Å². The highest BCUT2D eigenvalue weighted by Crippen LogP contribution is 2.22. The molecule has 0 aliphatic rings. The minimum atomic E-state index is -1.52. The lowest BCUT2D eigenvalue weighted by Gasteiger charge is -2.25. The maximum Gasteiger partial charge on any atom is 0.326 e. The van der Waals surface area contributed by atoms with E-state index in [0.717, 1.165) is 0 Å². The maximum atomic E-state index is 13.9. The molecule has 1 aromatic heterocycles. The number of aliphatic hydroxyl groups is 1. The maximum absolute atomic E-state index is 13.9. The molecule has 3 rings (SSSR count). The van der Waals surface area contributed by atoms with Gasteiger partial charge in [-0.3, -0.25) is 47.9 Å². The van der Waals surface area contributed by atoms with Crippen molar-refractivity contribution in [3.05, 3.63) is 71.5 Å². The predicted octanol–water partition coefficient (Wildman–Crippen LogP) is 1.62. The van der Waals surface area contributed by atoms with Crippen molar-refractivity contribution in [2.24, 2.45) is 41.2 Å². The van der Waals surface area contributed by atoms with E-state index in [1.165, 1.54) is 48.0 Å². The third kappa shape index (κ3) is 30.5. The molecular weight excluding hydrogens is 1260 g/mol. The first-order valence-electron chi connectivity index (χ1n) is 31.4. The number of thiol groups is 2. The summed E-state index contributed by atoms with van der Waals surface area (Å²) < 4.78 is 7.12. The van der Waals surface area contributed by atoms with E-state index in [1.807, 2.05) is 13.8 Å². The number of nitrogens with one attached hydrogen (secondary N) is 6. The molecule has 3 aromatic rings. The number of benzene rings is 2. The van der Waals surface area contributed by atoms with E-state index in [2.05, 4.69) is 67.5 Å². The summed E-state index contributed by atoms with van der Waals surface area (Å²) in [6.45, 7) is 8.19. The number of aliphatic hydroxyl groups excluding tert-OH is 1. The molecule has 0 aliphatic heterocycles. The van der Waals surface area contributed by atoms with Crippen LogP contribution >= 0.6 is 25.3 Å². The van der Waals surface area contributed by atoms with Gasteiger partial charge in [0.05, 0.1) is 62.4 Å². The molecule has 0 radical (unpaired) electrons. The van der Waals surface area contributed by atoms with Crippen LogP contribution in [0.3, 0.4) is 0 Å². The van der Waals surface area contributed by atoms with Gasteiger partial charge in [0.2, 0.25) is 35.4 Å². The average molecular weight is 1360 g/mol. The Hall–Kier alpha value is -7.80. The standard InChI is InChI=1S/C64H94N10O18S2/c1-37(2)24-51(68-59(85)43(26-39(5)76)27-40-9-14-47(77)15-10-40)63(89)69-52(32-57(82)83)62(88)66-20-22-92-23-21-74-33-46(72-73-74)13-18-49(79)29-42(8-6-7-19-65)58(84)71-54(36-94)56(81)31-45(35-93)61(87)67-50(28-41-11-16-48(78)17-12-41)55(80)30-44(34-75)60(86)70-53(64(90)91)25-38(3)4/h9-12,14-17,33,37-38,42-45,50-54,75,77-78,93-94H,6-8,13,18-32,34-36,65H2,1-5H3,(H,66,88)(H,67,87)(H,68,85)(H,69,89)(H,70,86)(H,71,84)(H,82,83)(H,90,91)/t42-,43+,44+,45+,50-,51-,52+,53+,54+/m1/s1. The summed E-state index contributed by atoms with van der Waals surface area (Å²) in [6.07, 6.45) is 1.12. The van der Waals surface area contributed by atoms with Crippen molar-refractivity contribution in [3.63, 3.8) is 0 Å². The molecule has 30 heteroatoms. The monoisotopic (exact) mass is 1350 g/mol. The molecule has 0 bridgehead atoms. The highest BCUT2D eigenvalue weighted by atomic mass is 32.1. The molecule has 0 fully saturated rings. The smallest absolute Gasteiger partial charge is 0.326 e. The third-order valence-corrected chi connectivity index (χ3v) is 16.0. The first-order chi connectivity index (χ1) is 44.5. The van der Waals surface area contributed by atoms with Crippen LogP contribution in [-0.2, 0) is 88.1 Å². The lowest BCUT2D eigenvalue weighted by atomic mass is 9.92. The zero-order valence-corrected chi connectivity index (χ0v) is 55.7. The number of carboxylic acids is 2. The molecule has 0 saturated carbocycles. The van der Waals surface area contributed by atoms with Crippen LogP contribution in [-0.4, -0.2) is 186 Å². The fourth-order valence-corrected chi connectivity index (χ4v) is 10.6. The number of ether oxygens (including phenoxy) is 1. The number of carboxylic acid groups (broad SMARTS) is 2. The number of aromatic nitrogens is 3. The average Bonchev–Trinajstić information content (AvgIpc) is 1.52. The highest BCUT2D eigenvalue weighted by molar-refractivity contribution is 7.80. The Morgan fingerprint density at radius 1 is 0.585 bits per heavy atom. The van der Waals surface area contributed by atoms with E-state index in [0.29, 0.717) is 36.2 Å². The second-order valence-corrected chi connectivity index (χ2v) is 25.0. The summed E-state index contributed by atoms with van der Waals surface area (Å²) in [7, 11) is 0. The van der Waals surface area contributed by atoms with Gasteiger partial charge in [0.1, 0.15) is 41.2 Å². The van der Waals surface area contributed by atoms with E-state index >= 15 is 0 Å². The Labute approximate surface area is 558 Å². The SMILES string of the molecule is CC(=O)C[C@@H](Cc1ccc(O)cc1)C(=O)N[C@H](CC(C)C)C(=O)N[C@@H](CC(=O)O)C(=O)NCCOCCn1cc(CCC(=O)C[C@@H](CCCCN)C(=O)N[C@@H](CS)C(=O)C[C@@H](CS)C(=O)N[C@H](Cc2ccc(O)cc2)C(=O)C[C@@H](CO)C(=O)N[C@@H](CC(C)C)C(=O)O)nn1. The molecule has 0 aliphatic carbocycles. The fraction of sp³-hybridized carbons (Fsp3) is 0.594. The predicted molar refractivity (Wildman–Crippen MR) is 350 cm³/mol. The van der Waals surface area contributed by atoms with Crippen molar-refractivity contribution in [1.29, 1.82) is 0 Å². The van der Waals surface area contributed by atoms with E-state index < -0.39 is 139 Å². The van der Waals surface area contributed by atoms with Crippen LogP contribution in [0.15, 0.2) is 54.7 Å². The molecule has 13 N–H and O–H groups in total. The van der Waals surface area contributed by atoms with Crippen LogP contribution in [0.1, 0.15) is 122 Å². The zero-order chi connectivity index (χ0) is 70.0. The number of carbonyl (C=O) groups excluding carboxylic acids is 10. The number of hydrogen-bond acceptors (Lipinski definition) is 21. The molecule has 6 amide bonds. The first kappa shape index (κ1) is 80.4. The lowest BCUT2D eigenvalue weighted by Crippen LogP contribution is -2.55. The fourth-order valence-electron chi connectivity index (χ4n) is 10.0. The molecule has 1 heterocycles. The number of rotatable bonds is 48. The highest BCUT2D eigenvalue weighted by Gasteiger charge is 2.35. The molecule has 2 aromatic carbocycles. The Kier molecular flexibility index (Phi) is 36.4. The number of unbranched alkanes of at least 4 members (excludes halogenated alkanes) is 1. The first-order valence-corrected chi connectivity index (χ1v) is 32.7. The van der Waals surface area contributed by atoms with Crippen LogP contribution < -0.4 is 37.6 Å². The number of carbonyl (C=O) groups is 12. The van der Waals surface area contributed by atoms with Crippen molar-refractivity contribution in [3.8, 4) is 11.5 Å². The van der Waals surface area contributed by atoms with E-state index in [9.17, 15) is 83.1 Å². The number of aliphatic carboxylic acids is 2. The van der Waals surface area contributed by atoms with Gasteiger partial charge in [-0.25, -0.2) is 9.48 Å². The summed E-state index contributed by atoms with van der Waals surface area (Å²) in [6, 6.07) is 5.36. The number of aryl methyl sites for hydroxylation is 1. The minimum absolute atomic E-state index is 0.0170.